The van der Waals surface area contributed by atoms with Gasteiger partial charge in [0.1, 0.15) is 0 Å². The number of thiazole rings is 1. The smallest absolute Gasteiger partial charge is 0.245 e. The van der Waals surface area contributed by atoms with E-state index in [0.717, 1.165) is 32.1 Å². The lowest BCUT2D eigenvalue weighted by Crippen LogP contribution is -2.38. The lowest BCUT2D eigenvalue weighted by atomic mass is 10.1. The Bertz CT molecular complexity index is 477. The zero-order valence-electron chi connectivity index (χ0n) is 15.8. The zero-order valence-corrected chi connectivity index (χ0v) is 16.6. The van der Waals surface area contributed by atoms with Gasteiger partial charge in [0.05, 0.1) is 6.54 Å². The summed E-state index contributed by atoms with van der Waals surface area (Å²) in [4.78, 5) is 30.5. The van der Waals surface area contributed by atoms with Gasteiger partial charge in [-0.3, -0.25) is 9.59 Å². The fraction of sp³-hybridized carbons (Fsp3) is 0.737. The predicted octanol–water partition coefficient (Wildman–Crippen LogP) is 4.85. The molecule has 0 atom stereocenters. The van der Waals surface area contributed by atoms with E-state index in [4.69, 9.17) is 0 Å². The highest BCUT2D eigenvalue weighted by atomic mass is 32.1. The van der Waals surface area contributed by atoms with Gasteiger partial charge in [-0.25, -0.2) is 4.98 Å². The summed E-state index contributed by atoms with van der Waals surface area (Å²) in [5.74, 6) is -0.0629. The zero-order chi connectivity index (χ0) is 18.3. The number of unbranched alkanes of at least 4 members (excludes halogenated alkanes) is 7. The van der Waals surface area contributed by atoms with E-state index in [1.165, 1.54) is 37.0 Å². The average Bonchev–Trinajstić information content (AvgIpc) is 3.10. The summed E-state index contributed by atoms with van der Waals surface area (Å²) in [5, 5.41) is 5.17. The topological polar surface area (TPSA) is 62.3 Å². The van der Waals surface area contributed by atoms with Crippen molar-refractivity contribution in [3.63, 3.8) is 0 Å². The summed E-state index contributed by atoms with van der Waals surface area (Å²) < 4.78 is 0. The van der Waals surface area contributed by atoms with Crippen LogP contribution in [0.3, 0.4) is 0 Å². The molecule has 0 unspecified atom stereocenters. The second-order valence-electron chi connectivity index (χ2n) is 6.43. The number of carbonyl (C=O) groups excluding carboxylic acids is 2. The first-order chi connectivity index (χ1) is 12.2. The number of rotatable bonds is 14. The van der Waals surface area contributed by atoms with Gasteiger partial charge in [0.2, 0.25) is 11.8 Å². The van der Waals surface area contributed by atoms with E-state index in [9.17, 15) is 9.59 Å². The van der Waals surface area contributed by atoms with Crippen LogP contribution in [0.4, 0.5) is 5.13 Å². The standard InChI is InChI=1S/C19H33N3O2S/c1-3-5-7-9-10-12-18(24)22(14-11-8-6-4-2)16-17(23)21-19-20-13-15-25-19/h13,15H,3-12,14,16H2,1-2H3,(H,20,21,23). The van der Waals surface area contributed by atoms with Crippen LogP contribution in [0.15, 0.2) is 11.6 Å². The molecule has 5 nitrogen and oxygen atoms in total. The maximum atomic E-state index is 12.5. The molecule has 0 fully saturated rings. The van der Waals surface area contributed by atoms with Crippen molar-refractivity contribution in [3.05, 3.63) is 11.6 Å². The van der Waals surface area contributed by atoms with Crippen molar-refractivity contribution < 1.29 is 9.59 Å². The molecule has 0 aliphatic carbocycles. The number of anilines is 1. The molecule has 0 aromatic carbocycles. The summed E-state index contributed by atoms with van der Waals surface area (Å²) in [6, 6.07) is 0. The first-order valence-electron chi connectivity index (χ1n) is 9.64. The second-order valence-corrected chi connectivity index (χ2v) is 7.32. The van der Waals surface area contributed by atoms with Crippen LogP contribution in [0, 0.1) is 0 Å². The van der Waals surface area contributed by atoms with E-state index in [1.807, 2.05) is 5.38 Å². The van der Waals surface area contributed by atoms with Gasteiger partial charge >= 0.3 is 0 Å². The third-order valence-corrected chi connectivity index (χ3v) is 4.83. The van der Waals surface area contributed by atoms with Gasteiger partial charge in [-0.2, -0.15) is 0 Å². The molecule has 0 bridgehead atoms. The van der Waals surface area contributed by atoms with E-state index in [0.29, 0.717) is 18.1 Å². The van der Waals surface area contributed by atoms with E-state index in [-0.39, 0.29) is 18.4 Å². The van der Waals surface area contributed by atoms with Gasteiger partial charge in [-0.1, -0.05) is 58.8 Å². The molecule has 1 aromatic heterocycles. The Morgan fingerprint density at radius 3 is 2.36 bits per heavy atom. The third-order valence-electron chi connectivity index (χ3n) is 4.14. The fourth-order valence-electron chi connectivity index (χ4n) is 2.68. The molecule has 1 rings (SSSR count). The highest BCUT2D eigenvalue weighted by Gasteiger charge is 2.17. The van der Waals surface area contributed by atoms with Crippen LogP contribution < -0.4 is 5.32 Å². The summed E-state index contributed by atoms with van der Waals surface area (Å²) in [6.07, 6.45) is 12.2. The Morgan fingerprint density at radius 1 is 1.04 bits per heavy atom. The lowest BCUT2D eigenvalue weighted by molar-refractivity contribution is -0.134. The number of hydrogen-bond donors (Lipinski definition) is 1. The molecule has 2 amide bonds. The minimum atomic E-state index is -0.162. The molecule has 0 aliphatic rings. The molecule has 0 spiro atoms. The van der Waals surface area contributed by atoms with E-state index in [2.05, 4.69) is 24.1 Å². The van der Waals surface area contributed by atoms with Gasteiger partial charge in [0.25, 0.3) is 0 Å². The Labute approximate surface area is 156 Å². The summed E-state index contributed by atoms with van der Waals surface area (Å²) >= 11 is 1.39. The highest BCUT2D eigenvalue weighted by molar-refractivity contribution is 7.13. The van der Waals surface area contributed by atoms with Crippen molar-refractivity contribution >= 4 is 28.3 Å². The van der Waals surface area contributed by atoms with Crippen LogP contribution in [0.5, 0.6) is 0 Å². The molecule has 1 N–H and O–H groups in total. The molecule has 1 heterocycles. The van der Waals surface area contributed by atoms with Gasteiger partial charge in [-0.15, -0.1) is 11.3 Å². The van der Waals surface area contributed by atoms with Crippen molar-refractivity contribution in [1.29, 1.82) is 0 Å². The van der Waals surface area contributed by atoms with Crippen LogP contribution in [0.25, 0.3) is 0 Å². The summed E-state index contributed by atoms with van der Waals surface area (Å²) in [6.45, 7) is 5.14. The molecule has 25 heavy (non-hydrogen) atoms. The molecule has 0 saturated carbocycles. The van der Waals surface area contributed by atoms with Crippen molar-refractivity contribution in [2.45, 2.75) is 78.1 Å². The summed E-state index contributed by atoms with van der Waals surface area (Å²) in [5.41, 5.74) is 0. The minimum absolute atomic E-state index is 0.0993. The van der Waals surface area contributed by atoms with Crippen LogP contribution >= 0.6 is 11.3 Å². The van der Waals surface area contributed by atoms with Crippen LogP contribution in [0.1, 0.15) is 78.1 Å². The van der Waals surface area contributed by atoms with E-state index < -0.39 is 0 Å². The monoisotopic (exact) mass is 367 g/mol. The van der Waals surface area contributed by atoms with Crippen LogP contribution in [0.2, 0.25) is 0 Å². The molecular weight excluding hydrogens is 334 g/mol. The van der Waals surface area contributed by atoms with Gasteiger partial charge in [-0.05, 0) is 12.8 Å². The van der Waals surface area contributed by atoms with Crippen LogP contribution in [-0.2, 0) is 9.59 Å². The molecule has 0 aliphatic heterocycles. The number of nitrogens with zero attached hydrogens (tertiary/aromatic N) is 2. The second kappa shape index (κ2) is 13.8. The number of amides is 2. The molecule has 1 aromatic rings. The quantitative estimate of drug-likeness (QED) is 0.478. The molecule has 0 saturated heterocycles. The van der Waals surface area contributed by atoms with Crippen molar-refractivity contribution in [2.24, 2.45) is 0 Å². The minimum Gasteiger partial charge on any atom is -0.333 e. The maximum Gasteiger partial charge on any atom is 0.245 e. The first kappa shape index (κ1) is 21.6. The molecule has 6 heteroatoms. The molecule has 0 radical (unpaired) electrons. The average molecular weight is 368 g/mol. The third kappa shape index (κ3) is 10.2. The Kier molecular flexibility index (Phi) is 11.9. The fourth-order valence-corrected chi connectivity index (χ4v) is 3.22. The summed E-state index contributed by atoms with van der Waals surface area (Å²) in [7, 11) is 0. The maximum absolute atomic E-state index is 12.5. The normalized spacial score (nSPS) is 10.6. The highest BCUT2D eigenvalue weighted by Crippen LogP contribution is 2.12. The Balaban J connectivity index is 2.43. The lowest BCUT2D eigenvalue weighted by Gasteiger charge is -2.22. The van der Waals surface area contributed by atoms with Gasteiger partial charge in [0, 0.05) is 24.5 Å². The van der Waals surface area contributed by atoms with Crippen molar-refractivity contribution in [1.82, 2.24) is 9.88 Å². The molecule has 142 valence electrons. The van der Waals surface area contributed by atoms with Crippen molar-refractivity contribution in [2.75, 3.05) is 18.4 Å². The Morgan fingerprint density at radius 2 is 1.72 bits per heavy atom. The Hall–Kier alpha value is -1.43. The van der Waals surface area contributed by atoms with E-state index >= 15 is 0 Å². The SMILES string of the molecule is CCCCCCCC(=O)N(CCCCCC)CC(=O)Nc1nccs1. The number of hydrogen-bond acceptors (Lipinski definition) is 4. The van der Waals surface area contributed by atoms with Gasteiger partial charge < -0.3 is 10.2 Å². The number of aromatic nitrogens is 1. The van der Waals surface area contributed by atoms with Crippen LogP contribution in [-0.4, -0.2) is 34.8 Å². The number of nitrogens with one attached hydrogen (secondary N) is 1. The van der Waals surface area contributed by atoms with E-state index in [1.54, 1.807) is 11.1 Å². The predicted molar refractivity (Wildman–Crippen MR) is 105 cm³/mol. The van der Waals surface area contributed by atoms with Gasteiger partial charge in [0.15, 0.2) is 5.13 Å². The first-order valence-corrected chi connectivity index (χ1v) is 10.5. The van der Waals surface area contributed by atoms with Crippen molar-refractivity contribution in [3.8, 4) is 0 Å². The largest absolute Gasteiger partial charge is 0.333 e. The molecular formula is C19H33N3O2S. The number of carbonyl (C=O) groups is 2.